The molecule has 0 atom stereocenters. The van der Waals surface area contributed by atoms with Crippen LogP contribution in [0.4, 0.5) is 0 Å². The van der Waals surface area contributed by atoms with Gasteiger partial charge in [-0.2, -0.15) is 0 Å². The van der Waals surface area contributed by atoms with Gasteiger partial charge in [-0.3, -0.25) is 4.79 Å². The van der Waals surface area contributed by atoms with Gasteiger partial charge < -0.3 is 15.2 Å². The van der Waals surface area contributed by atoms with Crippen LogP contribution in [-0.4, -0.2) is 18.0 Å². The van der Waals surface area contributed by atoms with Crippen LogP contribution in [0.15, 0.2) is 53.9 Å². The molecule has 5 nitrogen and oxygen atoms in total. The first-order valence-electron chi connectivity index (χ1n) is 7.28. The number of nitrogens with zero attached hydrogens (tertiary/aromatic N) is 1. The molecular formula is C18H16N2O3S. The minimum atomic E-state index is -0.515. The van der Waals surface area contributed by atoms with Crippen LogP contribution in [0, 0.1) is 0 Å². The summed E-state index contributed by atoms with van der Waals surface area (Å²) in [4.78, 5) is 16.0. The van der Waals surface area contributed by atoms with Crippen molar-refractivity contribution in [3.8, 4) is 22.1 Å². The monoisotopic (exact) mass is 340 g/mol. The summed E-state index contributed by atoms with van der Waals surface area (Å²) in [6.07, 6.45) is 0. The number of thiazole rings is 1. The number of carbonyl (C=O) groups is 1. The fourth-order valence-corrected chi connectivity index (χ4v) is 3.10. The van der Waals surface area contributed by atoms with E-state index in [1.165, 1.54) is 11.3 Å². The van der Waals surface area contributed by atoms with Gasteiger partial charge in [0.05, 0.1) is 23.9 Å². The van der Waals surface area contributed by atoms with Gasteiger partial charge in [-0.15, -0.1) is 11.3 Å². The van der Waals surface area contributed by atoms with E-state index in [0.717, 1.165) is 22.0 Å². The number of hydrogen-bond donors (Lipinski definition) is 1. The molecule has 1 heterocycles. The number of rotatable bonds is 6. The summed E-state index contributed by atoms with van der Waals surface area (Å²) in [7, 11) is 1.64. The number of primary amides is 1. The smallest absolute Gasteiger partial charge is 0.252 e. The highest BCUT2D eigenvalue weighted by Gasteiger charge is 2.12. The Balaban J connectivity index is 1.77. The molecule has 0 saturated carbocycles. The third-order valence-corrected chi connectivity index (χ3v) is 4.34. The quantitative estimate of drug-likeness (QED) is 0.745. The number of amides is 1. The molecule has 24 heavy (non-hydrogen) atoms. The first-order chi connectivity index (χ1) is 11.7. The van der Waals surface area contributed by atoms with Gasteiger partial charge >= 0.3 is 0 Å². The van der Waals surface area contributed by atoms with Crippen molar-refractivity contribution in [3.05, 3.63) is 65.2 Å². The van der Waals surface area contributed by atoms with Gasteiger partial charge in [0.1, 0.15) is 23.1 Å². The van der Waals surface area contributed by atoms with Gasteiger partial charge in [-0.1, -0.05) is 24.3 Å². The molecule has 2 aromatic carbocycles. The summed E-state index contributed by atoms with van der Waals surface area (Å²) in [6, 6.07) is 14.6. The molecule has 1 aromatic heterocycles. The van der Waals surface area contributed by atoms with E-state index in [1.807, 2.05) is 29.6 Å². The second kappa shape index (κ2) is 7.14. The molecule has 0 fully saturated rings. The summed E-state index contributed by atoms with van der Waals surface area (Å²) in [6.45, 7) is 0.260. The maximum atomic E-state index is 11.4. The molecule has 0 bridgehead atoms. The van der Waals surface area contributed by atoms with Crippen LogP contribution in [0.25, 0.3) is 10.6 Å². The molecule has 0 radical (unpaired) electrons. The van der Waals surface area contributed by atoms with Crippen LogP contribution in [-0.2, 0) is 6.61 Å². The Morgan fingerprint density at radius 2 is 1.83 bits per heavy atom. The number of aromatic nitrogens is 1. The number of hydrogen-bond acceptors (Lipinski definition) is 5. The second-order valence-electron chi connectivity index (χ2n) is 4.99. The fraction of sp³-hybridized carbons (Fsp3) is 0.111. The molecule has 0 aliphatic rings. The van der Waals surface area contributed by atoms with E-state index >= 15 is 0 Å². The Morgan fingerprint density at radius 1 is 1.12 bits per heavy atom. The summed E-state index contributed by atoms with van der Waals surface area (Å²) in [5.41, 5.74) is 7.42. The summed E-state index contributed by atoms with van der Waals surface area (Å²) >= 11 is 1.52. The van der Waals surface area contributed by atoms with Crippen molar-refractivity contribution in [1.82, 2.24) is 4.98 Å². The Bertz CT molecular complexity index is 861. The van der Waals surface area contributed by atoms with Crippen LogP contribution in [0.5, 0.6) is 11.5 Å². The van der Waals surface area contributed by atoms with Crippen molar-refractivity contribution in [2.75, 3.05) is 7.11 Å². The lowest BCUT2D eigenvalue weighted by Gasteiger charge is -2.08. The molecule has 2 N–H and O–H groups in total. The second-order valence-corrected chi connectivity index (χ2v) is 5.85. The lowest BCUT2D eigenvalue weighted by atomic mass is 10.2. The summed E-state index contributed by atoms with van der Waals surface area (Å²) in [5, 5.41) is 2.78. The molecule has 6 heteroatoms. The molecule has 0 unspecified atom stereocenters. The zero-order valence-corrected chi connectivity index (χ0v) is 13.9. The molecule has 1 amide bonds. The molecule has 0 aliphatic heterocycles. The molecule has 0 aliphatic carbocycles. The van der Waals surface area contributed by atoms with E-state index < -0.39 is 5.91 Å². The molecule has 3 rings (SSSR count). The van der Waals surface area contributed by atoms with Crippen LogP contribution in [0.2, 0.25) is 0 Å². The van der Waals surface area contributed by atoms with Crippen LogP contribution in [0.1, 0.15) is 16.1 Å². The van der Waals surface area contributed by atoms with E-state index in [9.17, 15) is 4.79 Å². The predicted molar refractivity (Wildman–Crippen MR) is 93.4 cm³/mol. The van der Waals surface area contributed by atoms with E-state index in [0.29, 0.717) is 11.3 Å². The molecule has 3 aromatic rings. The normalized spacial score (nSPS) is 10.4. The highest BCUT2D eigenvalue weighted by Crippen LogP contribution is 2.32. The number of carbonyl (C=O) groups excluding carboxylic acids is 1. The number of benzene rings is 2. The minimum absolute atomic E-state index is 0.260. The standard InChI is InChI=1S/C18H16N2O3S/c1-22-15-8-4-3-7-14(15)18-20-12(11-24-18)10-23-16-9-5-2-6-13(16)17(19)21/h2-9,11H,10H2,1H3,(H2,19,21). The third kappa shape index (κ3) is 3.38. The van der Waals surface area contributed by atoms with Crippen molar-refractivity contribution in [1.29, 1.82) is 0 Å². The highest BCUT2D eigenvalue weighted by molar-refractivity contribution is 7.13. The summed E-state index contributed by atoms with van der Waals surface area (Å²) in [5.74, 6) is 0.717. The van der Waals surface area contributed by atoms with Gasteiger partial charge in [-0.05, 0) is 24.3 Å². The van der Waals surface area contributed by atoms with Crippen LogP contribution < -0.4 is 15.2 Å². The van der Waals surface area contributed by atoms with E-state index in [2.05, 4.69) is 4.98 Å². The highest BCUT2D eigenvalue weighted by atomic mass is 32.1. The zero-order chi connectivity index (χ0) is 16.9. The Morgan fingerprint density at radius 3 is 2.58 bits per heavy atom. The SMILES string of the molecule is COc1ccccc1-c1nc(COc2ccccc2C(N)=O)cs1. The Labute approximate surface area is 143 Å². The molecule has 0 saturated heterocycles. The Hall–Kier alpha value is -2.86. The number of para-hydroxylation sites is 2. The van der Waals surface area contributed by atoms with Gasteiger partial charge in [-0.25, -0.2) is 4.98 Å². The van der Waals surface area contributed by atoms with Crippen LogP contribution in [0.3, 0.4) is 0 Å². The first-order valence-corrected chi connectivity index (χ1v) is 8.16. The van der Waals surface area contributed by atoms with Gasteiger partial charge in [0.2, 0.25) is 0 Å². The maximum absolute atomic E-state index is 11.4. The number of methoxy groups -OCH3 is 1. The lowest BCUT2D eigenvalue weighted by molar-refractivity contribution is 0.0996. The topological polar surface area (TPSA) is 74.4 Å². The van der Waals surface area contributed by atoms with Crippen molar-refractivity contribution in [2.24, 2.45) is 5.73 Å². The first kappa shape index (κ1) is 16.0. The molecule has 0 spiro atoms. The van der Waals surface area contributed by atoms with Gasteiger partial charge in [0, 0.05) is 5.38 Å². The van der Waals surface area contributed by atoms with Crippen molar-refractivity contribution < 1.29 is 14.3 Å². The largest absolute Gasteiger partial charge is 0.496 e. The van der Waals surface area contributed by atoms with Crippen LogP contribution >= 0.6 is 11.3 Å². The minimum Gasteiger partial charge on any atom is -0.496 e. The van der Waals surface area contributed by atoms with E-state index in [1.54, 1.807) is 31.4 Å². The van der Waals surface area contributed by atoms with Gasteiger partial charge in [0.25, 0.3) is 5.91 Å². The Kier molecular flexibility index (Phi) is 4.77. The molecule has 122 valence electrons. The van der Waals surface area contributed by atoms with Gasteiger partial charge in [0.15, 0.2) is 0 Å². The van der Waals surface area contributed by atoms with Crippen molar-refractivity contribution in [2.45, 2.75) is 6.61 Å². The fourth-order valence-electron chi connectivity index (χ4n) is 2.27. The zero-order valence-electron chi connectivity index (χ0n) is 13.1. The number of nitrogens with two attached hydrogens (primary N) is 1. The van der Waals surface area contributed by atoms with Crippen molar-refractivity contribution in [3.63, 3.8) is 0 Å². The maximum Gasteiger partial charge on any atom is 0.252 e. The predicted octanol–water partition coefficient (Wildman–Crippen LogP) is 3.50. The van der Waals surface area contributed by atoms with Crippen molar-refractivity contribution >= 4 is 17.2 Å². The lowest BCUT2D eigenvalue weighted by Crippen LogP contribution is -2.12. The average molecular weight is 340 g/mol. The third-order valence-electron chi connectivity index (χ3n) is 3.42. The number of ether oxygens (including phenoxy) is 2. The van der Waals surface area contributed by atoms with E-state index in [4.69, 9.17) is 15.2 Å². The van der Waals surface area contributed by atoms with E-state index in [-0.39, 0.29) is 6.61 Å². The summed E-state index contributed by atoms with van der Waals surface area (Å²) < 4.78 is 11.1. The average Bonchev–Trinajstić information content (AvgIpc) is 3.09. The molecular weight excluding hydrogens is 324 g/mol.